The van der Waals surface area contributed by atoms with Crippen LogP contribution in [0.25, 0.3) is 0 Å². The Morgan fingerprint density at radius 2 is 1.97 bits per heavy atom. The number of carbonyl (C=O) groups is 1. The maximum absolute atomic E-state index is 13.2. The van der Waals surface area contributed by atoms with Gasteiger partial charge in [0, 0.05) is 5.02 Å². The molecular formula is C21H19ClN4O4S. The van der Waals surface area contributed by atoms with Gasteiger partial charge in [0.25, 0.3) is 15.9 Å². The number of carbonyl (C=O) groups excluding carboxylic acids is 1. The van der Waals surface area contributed by atoms with Crippen molar-refractivity contribution in [1.82, 2.24) is 9.97 Å². The van der Waals surface area contributed by atoms with Gasteiger partial charge in [-0.25, -0.2) is 22.7 Å². The number of anilines is 2. The molecule has 8 nitrogen and oxygen atoms in total. The maximum Gasteiger partial charge on any atom is 0.265 e. The van der Waals surface area contributed by atoms with Crippen LogP contribution in [0.3, 0.4) is 0 Å². The Bertz CT molecular complexity index is 1220. The van der Waals surface area contributed by atoms with Gasteiger partial charge in [-0.1, -0.05) is 48.0 Å². The Balaban J connectivity index is 1.63. The largest absolute Gasteiger partial charge is 0.473 e. The third kappa shape index (κ3) is 4.33. The fourth-order valence-corrected chi connectivity index (χ4v) is 4.84. The molecule has 160 valence electrons. The predicted octanol–water partition coefficient (Wildman–Crippen LogP) is 3.46. The predicted molar refractivity (Wildman–Crippen MR) is 117 cm³/mol. The van der Waals surface area contributed by atoms with E-state index in [4.69, 9.17) is 16.3 Å². The first-order valence-corrected chi connectivity index (χ1v) is 11.3. The van der Waals surface area contributed by atoms with E-state index in [0.717, 1.165) is 9.87 Å². The molecule has 0 saturated heterocycles. The number of nitrogens with one attached hydrogen (secondary N) is 1. The second-order valence-corrected chi connectivity index (χ2v) is 9.19. The van der Waals surface area contributed by atoms with Crippen LogP contribution in [-0.4, -0.2) is 37.4 Å². The molecule has 1 aliphatic rings. The molecule has 31 heavy (non-hydrogen) atoms. The third-order valence-electron chi connectivity index (χ3n) is 4.82. The molecule has 0 saturated carbocycles. The average Bonchev–Trinajstić information content (AvgIpc) is 2.78. The fourth-order valence-electron chi connectivity index (χ4n) is 3.14. The van der Waals surface area contributed by atoms with Crippen LogP contribution in [0.15, 0.2) is 65.7 Å². The summed E-state index contributed by atoms with van der Waals surface area (Å²) in [6, 6.07) is 15.3. The summed E-state index contributed by atoms with van der Waals surface area (Å²) < 4.78 is 32.9. The van der Waals surface area contributed by atoms with Crippen molar-refractivity contribution in [3.63, 3.8) is 0 Å². The topological polar surface area (TPSA) is 101 Å². The summed E-state index contributed by atoms with van der Waals surface area (Å²) in [6.07, 6.45) is 1.34. The number of hydrogen-bond donors (Lipinski definition) is 1. The van der Waals surface area contributed by atoms with Gasteiger partial charge in [-0.05, 0) is 30.7 Å². The lowest BCUT2D eigenvalue weighted by Crippen LogP contribution is -2.39. The van der Waals surface area contributed by atoms with Crippen molar-refractivity contribution in [1.29, 1.82) is 0 Å². The Kier molecular flexibility index (Phi) is 5.79. The lowest BCUT2D eigenvalue weighted by molar-refractivity contribution is -0.117. The van der Waals surface area contributed by atoms with Gasteiger partial charge in [-0.15, -0.1) is 0 Å². The molecule has 0 radical (unpaired) electrons. The van der Waals surface area contributed by atoms with Gasteiger partial charge in [0.15, 0.2) is 5.82 Å². The Morgan fingerprint density at radius 3 is 2.71 bits per heavy atom. The average molecular weight is 459 g/mol. The van der Waals surface area contributed by atoms with E-state index in [0.29, 0.717) is 5.02 Å². The third-order valence-corrected chi connectivity index (χ3v) is 6.84. The molecular weight excluding hydrogens is 440 g/mol. The first-order chi connectivity index (χ1) is 14.9. The van der Waals surface area contributed by atoms with Crippen LogP contribution in [0.1, 0.15) is 18.4 Å². The Morgan fingerprint density at radius 1 is 1.19 bits per heavy atom. The van der Waals surface area contributed by atoms with Gasteiger partial charge in [0.1, 0.15) is 6.61 Å². The van der Waals surface area contributed by atoms with Crippen molar-refractivity contribution in [2.75, 3.05) is 22.8 Å². The number of rotatable bonds is 5. The van der Waals surface area contributed by atoms with Gasteiger partial charge >= 0.3 is 0 Å². The number of aromatic nitrogens is 2. The summed E-state index contributed by atoms with van der Waals surface area (Å²) in [4.78, 5) is 21.2. The zero-order valence-corrected chi connectivity index (χ0v) is 18.1. The van der Waals surface area contributed by atoms with Gasteiger partial charge in [0.2, 0.25) is 11.7 Å². The molecule has 0 fully saturated rings. The van der Waals surface area contributed by atoms with E-state index in [1.54, 1.807) is 19.1 Å². The summed E-state index contributed by atoms with van der Waals surface area (Å²) in [7, 11) is -3.95. The molecule has 2 aromatic carbocycles. The second-order valence-electron chi connectivity index (χ2n) is 6.89. The highest BCUT2D eigenvalue weighted by molar-refractivity contribution is 7.92. The van der Waals surface area contributed by atoms with Crippen molar-refractivity contribution in [2.45, 2.75) is 17.7 Å². The summed E-state index contributed by atoms with van der Waals surface area (Å²) >= 11 is 5.97. The van der Waals surface area contributed by atoms with E-state index in [1.165, 1.54) is 18.3 Å². The molecule has 0 aliphatic carbocycles. The Labute approximate surface area is 184 Å². The standard InChI is InChI=1S/C21H19ClN4O4S/c1-14(15-6-3-2-4-7-15)20(27)25-18-13-23-21-19(24-18)26(10-11-30-21)31(28,29)17-9-5-8-16(22)12-17/h2-9,12-14H,10-11H2,1H3,(H,24,25,27)/t14-/m0/s1. The van der Waals surface area contributed by atoms with Crippen LogP contribution < -0.4 is 14.4 Å². The van der Waals surface area contributed by atoms with Crippen LogP contribution in [0.5, 0.6) is 5.88 Å². The van der Waals surface area contributed by atoms with Crippen molar-refractivity contribution in [2.24, 2.45) is 0 Å². The van der Waals surface area contributed by atoms with E-state index in [9.17, 15) is 13.2 Å². The molecule has 10 heteroatoms. The van der Waals surface area contributed by atoms with Crippen molar-refractivity contribution >= 4 is 39.2 Å². The maximum atomic E-state index is 13.2. The Hall–Kier alpha value is -3.17. The normalized spacial score (nSPS) is 14.3. The molecule has 0 bridgehead atoms. The fraction of sp³-hybridized carbons (Fsp3) is 0.190. The monoisotopic (exact) mass is 458 g/mol. The van der Waals surface area contributed by atoms with E-state index >= 15 is 0 Å². The van der Waals surface area contributed by atoms with E-state index in [2.05, 4.69) is 15.3 Å². The zero-order chi connectivity index (χ0) is 22.0. The molecule has 4 rings (SSSR count). The first kappa shape index (κ1) is 21.1. The molecule has 1 atom stereocenters. The molecule has 0 spiro atoms. The summed E-state index contributed by atoms with van der Waals surface area (Å²) in [5.41, 5.74) is 0.847. The summed E-state index contributed by atoms with van der Waals surface area (Å²) in [5, 5.41) is 3.00. The van der Waals surface area contributed by atoms with Gasteiger partial charge < -0.3 is 10.1 Å². The highest BCUT2D eigenvalue weighted by atomic mass is 35.5. The smallest absolute Gasteiger partial charge is 0.265 e. The first-order valence-electron chi connectivity index (χ1n) is 9.50. The minimum Gasteiger partial charge on any atom is -0.473 e. The number of sulfonamides is 1. The molecule has 1 aliphatic heterocycles. The van der Waals surface area contributed by atoms with Gasteiger partial charge in [-0.2, -0.15) is 0 Å². The highest BCUT2D eigenvalue weighted by Gasteiger charge is 2.33. The summed E-state index contributed by atoms with van der Waals surface area (Å²) in [5.74, 6) is -0.506. The number of nitrogens with zero attached hydrogens (tertiary/aromatic N) is 3. The van der Waals surface area contributed by atoms with Crippen LogP contribution in [-0.2, 0) is 14.8 Å². The second kappa shape index (κ2) is 8.52. The van der Waals surface area contributed by atoms with Crippen LogP contribution in [0, 0.1) is 0 Å². The number of ether oxygens (including phenoxy) is 1. The molecule has 2 heterocycles. The zero-order valence-electron chi connectivity index (χ0n) is 16.5. The molecule has 0 unspecified atom stereocenters. The number of fused-ring (bicyclic) bond motifs is 1. The summed E-state index contributed by atoms with van der Waals surface area (Å²) in [6.45, 7) is 1.95. The van der Waals surface area contributed by atoms with E-state index in [-0.39, 0.29) is 41.5 Å². The van der Waals surface area contributed by atoms with Crippen LogP contribution in [0.2, 0.25) is 5.02 Å². The molecule has 1 N–H and O–H groups in total. The van der Waals surface area contributed by atoms with Crippen molar-refractivity contribution < 1.29 is 17.9 Å². The molecule has 1 amide bonds. The van der Waals surface area contributed by atoms with Crippen molar-refractivity contribution in [3.8, 4) is 5.88 Å². The van der Waals surface area contributed by atoms with Crippen molar-refractivity contribution in [3.05, 3.63) is 71.4 Å². The SMILES string of the molecule is C[C@H](C(=O)Nc1cnc2c(n1)N(S(=O)(=O)c1cccc(Cl)c1)CCO2)c1ccccc1. The lowest BCUT2D eigenvalue weighted by atomic mass is 10.0. The number of hydrogen-bond acceptors (Lipinski definition) is 6. The molecule has 1 aromatic heterocycles. The minimum atomic E-state index is -3.95. The van der Waals surface area contributed by atoms with Gasteiger partial charge in [0.05, 0.1) is 23.6 Å². The van der Waals surface area contributed by atoms with Crippen LogP contribution >= 0.6 is 11.6 Å². The number of halogens is 1. The lowest BCUT2D eigenvalue weighted by Gasteiger charge is -2.28. The quantitative estimate of drug-likeness (QED) is 0.628. The number of amides is 1. The van der Waals surface area contributed by atoms with E-state index in [1.807, 2.05) is 30.3 Å². The highest BCUT2D eigenvalue weighted by Crippen LogP contribution is 2.33. The molecule has 3 aromatic rings. The minimum absolute atomic E-state index is 0.0105. The number of benzene rings is 2. The van der Waals surface area contributed by atoms with Crippen LogP contribution in [0.4, 0.5) is 11.6 Å². The van der Waals surface area contributed by atoms with E-state index < -0.39 is 15.9 Å². The van der Waals surface area contributed by atoms with Gasteiger partial charge in [-0.3, -0.25) is 4.79 Å².